The van der Waals surface area contributed by atoms with Gasteiger partial charge in [0.15, 0.2) is 0 Å². The van der Waals surface area contributed by atoms with E-state index in [2.05, 4.69) is 0 Å². The van der Waals surface area contributed by atoms with E-state index in [1.54, 1.807) is 16.4 Å². The van der Waals surface area contributed by atoms with Crippen LogP contribution in [0.2, 0.25) is 0 Å². The molecule has 0 saturated carbocycles. The normalized spacial score (nSPS) is 18.2. The lowest BCUT2D eigenvalue weighted by Gasteiger charge is -2.26. The molecule has 1 saturated heterocycles. The van der Waals surface area contributed by atoms with Gasteiger partial charge >= 0.3 is 0 Å². The Balaban J connectivity index is 2.33. The molecule has 1 heterocycles. The standard InChI is InChI=1S/C13H19NO2S/c1-11-6-7-13(10-12(11)2)17(15,16)14-8-4-3-5-9-14/h6-7,10H,3-5,8-9H2,1-2H3. The SMILES string of the molecule is Cc1ccc(S(=O)(=O)N2CCCCC2)cc1C. The molecule has 94 valence electrons. The minimum absolute atomic E-state index is 0.433. The van der Waals surface area contributed by atoms with E-state index >= 15 is 0 Å². The molecule has 0 radical (unpaired) electrons. The van der Waals surface area contributed by atoms with Crippen molar-refractivity contribution in [1.82, 2.24) is 4.31 Å². The minimum atomic E-state index is -3.27. The minimum Gasteiger partial charge on any atom is -0.207 e. The number of hydrogen-bond acceptors (Lipinski definition) is 2. The van der Waals surface area contributed by atoms with Gasteiger partial charge in [0.25, 0.3) is 0 Å². The van der Waals surface area contributed by atoms with Gasteiger partial charge in [0.05, 0.1) is 4.90 Å². The van der Waals surface area contributed by atoms with E-state index in [0.29, 0.717) is 18.0 Å². The molecule has 4 heteroatoms. The first kappa shape index (κ1) is 12.6. The number of piperidine rings is 1. The smallest absolute Gasteiger partial charge is 0.207 e. The van der Waals surface area contributed by atoms with E-state index in [1.807, 2.05) is 19.9 Å². The fourth-order valence-corrected chi connectivity index (χ4v) is 3.73. The van der Waals surface area contributed by atoms with Gasteiger partial charge < -0.3 is 0 Å². The molecule has 3 nitrogen and oxygen atoms in total. The van der Waals surface area contributed by atoms with Crippen molar-refractivity contribution in [2.45, 2.75) is 38.0 Å². The second-order valence-corrected chi connectivity index (χ2v) is 6.65. The second-order valence-electron chi connectivity index (χ2n) is 4.71. The van der Waals surface area contributed by atoms with Crippen LogP contribution in [0.15, 0.2) is 23.1 Å². The maximum Gasteiger partial charge on any atom is 0.243 e. The lowest BCUT2D eigenvalue weighted by atomic mass is 10.1. The molecule has 0 atom stereocenters. The second kappa shape index (κ2) is 4.78. The van der Waals surface area contributed by atoms with Gasteiger partial charge in [-0.3, -0.25) is 0 Å². The molecule has 0 N–H and O–H groups in total. The summed E-state index contributed by atoms with van der Waals surface area (Å²) in [7, 11) is -3.27. The highest BCUT2D eigenvalue weighted by Crippen LogP contribution is 2.22. The van der Waals surface area contributed by atoms with Crippen molar-refractivity contribution in [2.24, 2.45) is 0 Å². The molecule has 1 aromatic rings. The van der Waals surface area contributed by atoms with Crippen molar-refractivity contribution >= 4 is 10.0 Å². The monoisotopic (exact) mass is 253 g/mol. The Kier molecular flexibility index (Phi) is 3.54. The number of hydrogen-bond donors (Lipinski definition) is 0. The van der Waals surface area contributed by atoms with E-state index in [4.69, 9.17) is 0 Å². The summed E-state index contributed by atoms with van der Waals surface area (Å²) >= 11 is 0. The highest BCUT2D eigenvalue weighted by atomic mass is 32.2. The zero-order valence-electron chi connectivity index (χ0n) is 10.4. The molecule has 1 aliphatic rings. The summed E-state index contributed by atoms with van der Waals surface area (Å²) in [6.07, 6.45) is 3.09. The topological polar surface area (TPSA) is 37.4 Å². The predicted molar refractivity (Wildman–Crippen MR) is 68.5 cm³/mol. The third-order valence-corrected chi connectivity index (χ3v) is 5.33. The summed E-state index contributed by atoms with van der Waals surface area (Å²) < 4.78 is 26.4. The van der Waals surface area contributed by atoms with Crippen molar-refractivity contribution in [3.05, 3.63) is 29.3 Å². The van der Waals surface area contributed by atoms with Crippen molar-refractivity contribution in [2.75, 3.05) is 13.1 Å². The Labute approximate surface area is 104 Å². The third-order valence-electron chi connectivity index (χ3n) is 3.43. The molecule has 1 aromatic carbocycles. The van der Waals surface area contributed by atoms with Gasteiger partial charge in [0.2, 0.25) is 10.0 Å². The fourth-order valence-electron chi connectivity index (χ4n) is 2.13. The highest BCUT2D eigenvalue weighted by Gasteiger charge is 2.25. The first-order valence-electron chi connectivity index (χ1n) is 6.09. The van der Waals surface area contributed by atoms with Gasteiger partial charge in [0.1, 0.15) is 0 Å². The molecule has 0 aromatic heterocycles. The van der Waals surface area contributed by atoms with Gasteiger partial charge in [-0.15, -0.1) is 0 Å². The molecule has 0 bridgehead atoms. The number of sulfonamides is 1. The molecule has 1 aliphatic heterocycles. The van der Waals surface area contributed by atoms with Crippen LogP contribution in [0.4, 0.5) is 0 Å². The van der Waals surface area contributed by atoms with Crippen LogP contribution in [-0.2, 0) is 10.0 Å². The van der Waals surface area contributed by atoms with Crippen LogP contribution in [-0.4, -0.2) is 25.8 Å². The maximum absolute atomic E-state index is 12.4. The van der Waals surface area contributed by atoms with Gasteiger partial charge in [-0.1, -0.05) is 12.5 Å². The van der Waals surface area contributed by atoms with Crippen LogP contribution in [0.5, 0.6) is 0 Å². The van der Waals surface area contributed by atoms with Crippen LogP contribution < -0.4 is 0 Å². The Morgan fingerprint density at radius 3 is 2.24 bits per heavy atom. The highest BCUT2D eigenvalue weighted by molar-refractivity contribution is 7.89. The number of nitrogens with zero attached hydrogens (tertiary/aromatic N) is 1. The van der Waals surface area contributed by atoms with Gasteiger partial charge in [0, 0.05) is 13.1 Å². The Morgan fingerprint density at radius 2 is 1.65 bits per heavy atom. The molecule has 0 amide bonds. The molecular weight excluding hydrogens is 234 g/mol. The van der Waals surface area contributed by atoms with Crippen LogP contribution in [0.3, 0.4) is 0 Å². The predicted octanol–water partition coefficient (Wildman–Crippen LogP) is 2.48. The third kappa shape index (κ3) is 2.53. The molecule has 0 aliphatic carbocycles. The number of benzene rings is 1. The molecule has 0 spiro atoms. The average molecular weight is 253 g/mol. The van der Waals surface area contributed by atoms with Crippen LogP contribution in [0.25, 0.3) is 0 Å². The average Bonchev–Trinajstić information content (AvgIpc) is 2.33. The quantitative estimate of drug-likeness (QED) is 0.812. The van der Waals surface area contributed by atoms with E-state index in [-0.39, 0.29) is 0 Å². The zero-order chi connectivity index (χ0) is 12.5. The lowest BCUT2D eigenvalue weighted by molar-refractivity contribution is 0.346. The molecular formula is C13H19NO2S. The zero-order valence-corrected chi connectivity index (χ0v) is 11.3. The van der Waals surface area contributed by atoms with Gasteiger partial charge in [-0.05, 0) is 49.9 Å². The van der Waals surface area contributed by atoms with Crippen molar-refractivity contribution < 1.29 is 8.42 Å². The summed E-state index contributed by atoms with van der Waals surface area (Å²) in [5.74, 6) is 0. The van der Waals surface area contributed by atoms with Gasteiger partial charge in [-0.2, -0.15) is 4.31 Å². The largest absolute Gasteiger partial charge is 0.243 e. The Bertz CT molecular complexity index is 502. The maximum atomic E-state index is 12.4. The van der Waals surface area contributed by atoms with Gasteiger partial charge in [-0.25, -0.2) is 8.42 Å². The number of rotatable bonds is 2. The lowest BCUT2D eigenvalue weighted by Crippen LogP contribution is -2.35. The van der Waals surface area contributed by atoms with E-state index in [1.165, 1.54) is 0 Å². The van der Waals surface area contributed by atoms with Crippen LogP contribution >= 0.6 is 0 Å². The van der Waals surface area contributed by atoms with E-state index in [0.717, 1.165) is 30.4 Å². The van der Waals surface area contributed by atoms with Crippen LogP contribution in [0, 0.1) is 13.8 Å². The van der Waals surface area contributed by atoms with E-state index in [9.17, 15) is 8.42 Å². The van der Waals surface area contributed by atoms with Crippen molar-refractivity contribution in [3.63, 3.8) is 0 Å². The van der Waals surface area contributed by atoms with Crippen LogP contribution in [0.1, 0.15) is 30.4 Å². The summed E-state index contributed by atoms with van der Waals surface area (Å²) in [4.78, 5) is 0.433. The summed E-state index contributed by atoms with van der Waals surface area (Å²) in [6.45, 7) is 5.27. The Morgan fingerprint density at radius 1 is 1.00 bits per heavy atom. The molecule has 2 rings (SSSR count). The summed E-state index contributed by atoms with van der Waals surface area (Å²) in [5.41, 5.74) is 2.16. The first-order chi connectivity index (χ1) is 8.01. The fraction of sp³-hybridized carbons (Fsp3) is 0.538. The van der Waals surface area contributed by atoms with Crippen molar-refractivity contribution in [1.29, 1.82) is 0 Å². The summed E-state index contributed by atoms with van der Waals surface area (Å²) in [5, 5.41) is 0. The molecule has 17 heavy (non-hydrogen) atoms. The summed E-state index contributed by atoms with van der Waals surface area (Å²) in [6, 6.07) is 5.37. The van der Waals surface area contributed by atoms with Crippen molar-refractivity contribution in [3.8, 4) is 0 Å². The molecule has 1 fully saturated rings. The first-order valence-corrected chi connectivity index (χ1v) is 7.53. The Hall–Kier alpha value is -0.870. The molecule has 0 unspecified atom stereocenters. The van der Waals surface area contributed by atoms with E-state index < -0.39 is 10.0 Å². The number of aryl methyl sites for hydroxylation is 2.